The van der Waals surface area contributed by atoms with Gasteiger partial charge >= 0.3 is 0 Å². The Balaban J connectivity index is 2.40. The number of carbonyl (C=O) groups is 1. The van der Waals surface area contributed by atoms with Crippen molar-refractivity contribution in [3.05, 3.63) is 35.4 Å². The second-order valence-corrected chi connectivity index (χ2v) is 3.96. The van der Waals surface area contributed by atoms with Gasteiger partial charge in [0.2, 0.25) is 5.91 Å². The van der Waals surface area contributed by atoms with Gasteiger partial charge in [0, 0.05) is 19.0 Å². The Bertz CT molecular complexity index is 406. The average Bonchev–Trinajstić information content (AvgIpc) is 2.36. The summed E-state index contributed by atoms with van der Waals surface area (Å²) in [6.07, 6.45) is 1.15. The maximum Gasteiger partial charge on any atom is 0.221 e. The summed E-state index contributed by atoms with van der Waals surface area (Å²) in [6.45, 7) is 2.43. The minimum atomic E-state index is -0.0732. The van der Waals surface area contributed by atoms with E-state index < -0.39 is 0 Å². The molecule has 1 unspecified atom stereocenters. The highest BCUT2D eigenvalue weighted by molar-refractivity contribution is 5.76. The lowest BCUT2D eigenvalue weighted by Crippen LogP contribution is -2.30. The van der Waals surface area contributed by atoms with E-state index in [2.05, 4.69) is 5.32 Å². The van der Waals surface area contributed by atoms with Crippen molar-refractivity contribution in [2.75, 3.05) is 0 Å². The van der Waals surface area contributed by atoms with Gasteiger partial charge in [-0.15, -0.1) is 0 Å². The van der Waals surface area contributed by atoms with Crippen LogP contribution in [0.25, 0.3) is 0 Å². The fourth-order valence-electron chi connectivity index (χ4n) is 1.35. The highest BCUT2D eigenvalue weighted by Gasteiger charge is 2.06. The molecule has 0 aliphatic carbocycles. The van der Waals surface area contributed by atoms with Gasteiger partial charge in [0.15, 0.2) is 0 Å². The van der Waals surface area contributed by atoms with Crippen molar-refractivity contribution < 1.29 is 4.79 Å². The van der Waals surface area contributed by atoms with Crippen LogP contribution in [0.3, 0.4) is 0 Å². The van der Waals surface area contributed by atoms with Crippen LogP contribution in [0.1, 0.15) is 30.9 Å². The van der Waals surface area contributed by atoms with Crippen LogP contribution >= 0.6 is 0 Å². The van der Waals surface area contributed by atoms with Crippen LogP contribution in [0.4, 0.5) is 0 Å². The van der Waals surface area contributed by atoms with Gasteiger partial charge in [-0.25, -0.2) is 0 Å². The van der Waals surface area contributed by atoms with E-state index in [1.54, 1.807) is 12.1 Å². The average molecular weight is 231 g/mol. The van der Waals surface area contributed by atoms with Crippen molar-refractivity contribution >= 4 is 5.91 Å². The van der Waals surface area contributed by atoms with Gasteiger partial charge in [-0.05, 0) is 24.1 Å². The summed E-state index contributed by atoms with van der Waals surface area (Å²) in [5, 5.41) is 11.4. The lowest BCUT2D eigenvalue weighted by atomic mass is 10.1. The SMILES string of the molecule is CCC(N)CC(=O)NCc1ccc(C#N)cc1. The van der Waals surface area contributed by atoms with Crippen molar-refractivity contribution in [1.82, 2.24) is 5.32 Å². The zero-order chi connectivity index (χ0) is 12.7. The molecule has 0 spiro atoms. The molecular weight excluding hydrogens is 214 g/mol. The van der Waals surface area contributed by atoms with Gasteiger partial charge in [0.05, 0.1) is 11.6 Å². The summed E-state index contributed by atoms with van der Waals surface area (Å²) in [5.74, 6) is -0.0382. The van der Waals surface area contributed by atoms with Crippen LogP contribution in [0.5, 0.6) is 0 Å². The first kappa shape index (κ1) is 13.2. The molecule has 3 N–H and O–H groups in total. The molecule has 0 aromatic heterocycles. The summed E-state index contributed by atoms with van der Waals surface area (Å²) in [4.78, 5) is 11.5. The van der Waals surface area contributed by atoms with E-state index in [1.165, 1.54) is 0 Å². The highest BCUT2D eigenvalue weighted by Crippen LogP contribution is 2.03. The summed E-state index contributed by atoms with van der Waals surface area (Å²) >= 11 is 0. The number of amides is 1. The molecule has 4 heteroatoms. The van der Waals surface area contributed by atoms with Gasteiger partial charge in [0.1, 0.15) is 0 Å². The number of nitrogens with zero attached hydrogens (tertiary/aromatic N) is 1. The highest BCUT2D eigenvalue weighted by atomic mass is 16.1. The predicted molar refractivity (Wildman–Crippen MR) is 65.9 cm³/mol. The summed E-state index contributed by atoms with van der Waals surface area (Å²) in [5.41, 5.74) is 7.28. The normalized spacial score (nSPS) is 11.6. The lowest BCUT2D eigenvalue weighted by Gasteiger charge is -2.09. The molecule has 0 radical (unpaired) electrons. The first-order chi connectivity index (χ1) is 8.15. The Labute approximate surface area is 101 Å². The predicted octanol–water partition coefficient (Wildman–Crippen LogP) is 1.30. The summed E-state index contributed by atoms with van der Waals surface area (Å²) in [7, 11) is 0. The maximum atomic E-state index is 11.5. The maximum absolute atomic E-state index is 11.5. The summed E-state index contributed by atoms with van der Waals surface area (Å²) in [6, 6.07) is 9.11. The number of nitrogens with one attached hydrogen (secondary N) is 1. The smallest absolute Gasteiger partial charge is 0.221 e. The molecule has 0 heterocycles. The molecule has 1 amide bonds. The van der Waals surface area contributed by atoms with E-state index in [1.807, 2.05) is 25.1 Å². The molecule has 0 aliphatic rings. The van der Waals surface area contributed by atoms with Gasteiger partial charge in [-0.1, -0.05) is 19.1 Å². The van der Waals surface area contributed by atoms with E-state index in [0.717, 1.165) is 12.0 Å². The summed E-state index contributed by atoms with van der Waals surface area (Å²) < 4.78 is 0. The molecule has 90 valence electrons. The Morgan fingerprint density at radius 2 is 2.12 bits per heavy atom. The zero-order valence-electron chi connectivity index (χ0n) is 9.94. The quantitative estimate of drug-likeness (QED) is 0.801. The molecule has 0 saturated heterocycles. The van der Waals surface area contributed by atoms with Crippen molar-refractivity contribution in [2.45, 2.75) is 32.4 Å². The zero-order valence-corrected chi connectivity index (χ0v) is 9.94. The number of hydrogen-bond donors (Lipinski definition) is 2. The first-order valence-electron chi connectivity index (χ1n) is 5.67. The number of carbonyl (C=O) groups excluding carboxylic acids is 1. The van der Waals surface area contributed by atoms with E-state index in [-0.39, 0.29) is 11.9 Å². The third-order valence-electron chi connectivity index (χ3n) is 2.54. The number of nitrogens with two attached hydrogens (primary N) is 1. The molecule has 1 rings (SSSR count). The van der Waals surface area contributed by atoms with Crippen molar-refractivity contribution in [3.8, 4) is 6.07 Å². The topological polar surface area (TPSA) is 78.9 Å². The van der Waals surface area contributed by atoms with Crippen molar-refractivity contribution in [2.24, 2.45) is 5.73 Å². The Kier molecular flexibility index (Phi) is 5.18. The molecular formula is C13H17N3O. The van der Waals surface area contributed by atoms with Crippen molar-refractivity contribution in [1.29, 1.82) is 5.26 Å². The first-order valence-corrected chi connectivity index (χ1v) is 5.67. The van der Waals surface area contributed by atoms with Crippen molar-refractivity contribution in [3.63, 3.8) is 0 Å². The molecule has 1 aromatic rings. The molecule has 0 saturated carbocycles. The molecule has 0 fully saturated rings. The third-order valence-corrected chi connectivity index (χ3v) is 2.54. The van der Waals surface area contributed by atoms with Gasteiger partial charge in [0.25, 0.3) is 0 Å². The lowest BCUT2D eigenvalue weighted by molar-refractivity contribution is -0.121. The fourth-order valence-corrected chi connectivity index (χ4v) is 1.35. The number of rotatable bonds is 5. The number of benzene rings is 1. The van der Waals surface area contributed by atoms with Crippen LogP contribution in [0.2, 0.25) is 0 Å². The van der Waals surface area contributed by atoms with Crippen LogP contribution in [0, 0.1) is 11.3 Å². The Hall–Kier alpha value is -1.86. The molecule has 0 bridgehead atoms. The van der Waals surface area contributed by atoms with Crippen LogP contribution in [-0.2, 0) is 11.3 Å². The monoisotopic (exact) mass is 231 g/mol. The van der Waals surface area contributed by atoms with E-state index in [0.29, 0.717) is 18.5 Å². The van der Waals surface area contributed by atoms with Crippen LogP contribution in [0.15, 0.2) is 24.3 Å². The third kappa shape index (κ3) is 4.66. The van der Waals surface area contributed by atoms with E-state index in [9.17, 15) is 4.79 Å². The van der Waals surface area contributed by atoms with Gasteiger partial charge in [-0.2, -0.15) is 5.26 Å². The van der Waals surface area contributed by atoms with Crippen LogP contribution in [-0.4, -0.2) is 11.9 Å². The molecule has 17 heavy (non-hydrogen) atoms. The standard InChI is InChI=1S/C13H17N3O/c1-2-12(15)7-13(17)16-9-11-5-3-10(8-14)4-6-11/h3-6,12H,2,7,9,15H2,1H3,(H,16,17). The molecule has 0 aliphatic heterocycles. The van der Waals surface area contributed by atoms with Gasteiger partial charge in [-0.3, -0.25) is 4.79 Å². The number of hydrogen-bond acceptors (Lipinski definition) is 3. The van der Waals surface area contributed by atoms with Gasteiger partial charge < -0.3 is 11.1 Å². The molecule has 4 nitrogen and oxygen atoms in total. The minimum Gasteiger partial charge on any atom is -0.352 e. The molecule has 1 atom stereocenters. The second-order valence-electron chi connectivity index (χ2n) is 3.96. The Morgan fingerprint density at radius 1 is 1.47 bits per heavy atom. The Morgan fingerprint density at radius 3 is 2.65 bits per heavy atom. The molecule has 1 aromatic carbocycles. The largest absolute Gasteiger partial charge is 0.352 e. The van der Waals surface area contributed by atoms with E-state index >= 15 is 0 Å². The fraction of sp³-hybridized carbons (Fsp3) is 0.385. The minimum absolute atomic E-state index is 0.0382. The number of nitriles is 1. The second kappa shape index (κ2) is 6.66. The van der Waals surface area contributed by atoms with E-state index in [4.69, 9.17) is 11.0 Å². The van der Waals surface area contributed by atoms with Crippen LogP contribution < -0.4 is 11.1 Å².